The lowest BCUT2D eigenvalue weighted by Gasteiger charge is -2.10. The molecule has 18 heavy (non-hydrogen) atoms. The molecule has 0 radical (unpaired) electrons. The van der Waals surface area contributed by atoms with E-state index in [0.29, 0.717) is 10.9 Å². The normalized spacial score (nSPS) is 12.4. The lowest BCUT2D eigenvalue weighted by atomic mass is 10.3. The van der Waals surface area contributed by atoms with Crippen molar-refractivity contribution in [3.63, 3.8) is 0 Å². The van der Waals surface area contributed by atoms with Crippen LogP contribution in [0.5, 0.6) is 0 Å². The largest absolute Gasteiger partial charge is 0.370 e. The van der Waals surface area contributed by atoms with Crippen LogP contribution in [0.2, 0.25) is 5.15 Å². The van der Waals surface area contributed by atoms with E-state index in [1.165, 1.54) is 0 Å². The maximum Gasteiger partial charge on any atom is 0.137 e. The maximum atomic E-state index is 11.0. The lowest BCUT2D eigenvalue weighted by molar-refractivity contribution is 0.685. The molecule has 4 nitrogen and oxygen atoms in total. The maximum absolute atomic E-state index is 11.0. The van der Waals surface area contributed by atoms with Gasteiger partial charge in [0, 0.05) is 41.3 Å². The standard InChI is InChI=1S/C12H20ClN3OS/c1-4-6-10-15-11(13)9(2)12(16-10)14-7-5-8-18(3)17/h4-8H2,1-3H3,(H,14,15,16). The summed E-state index contributed by atoms with van der Waals surface area (Å²) < 4.78 is 11.0. The van der Waals surface area contributed by atoms with Gasteiger partial charge in [-0.15, -0.1) is 0 Å². The summed E-state index contributed by atoms with van der Waals surface area (Å²) in [5, 5.41) is 3.75. The van der Waals surface area contributed by atoms with Crippen LogP contribution >= 0.6 is 11.6 Å². The molecule has 1 rings (SSSR count). The molecular formula is C12H20ClN3OS. The van der Waals surface area contributed by atoms with E-state index < -0.39 is 10.8 Å². The Kier molecular flexibility index (Phi) is 6.57. The highest BCUT2D eigenvalue weighted by Crippen LogP contribution is 2.20. The van der Waals surface area contributed by atoms with Gasteiger partial charge in [-0.2, -0.15) is 0 Å². The molecule has 0 aliphatic carbocycles. The third-order valence-corrected chi connectivity index (χ3v) is 3.74. The molecule has 0 aliphatic rings. The van der Waals surface area contributed by atoms with Crippen molar-refractivity contribution in [2.45, 2.75) is 33.1 Å². The van der Waals surface area contributed by atoms with Crippen molar-refractivity contribution in [3.8, 4) is 0 Å². The lowest BCUT2D eigenvalue weighted by Crippen LogP contribution is -2.10. The van der Waals surface area contributed by atoms with Gasteiger partial charge in [0.25, 0.3) is 0 Å². The predicted molar refractivity (Wildman–Crippen MR) is 77.8 cm³/mol. The topological polar surface area (TPSA) is 54.9 Å². The highest BCUT2D eigenvalue weighted by Gasteiger charge is 2.08. The van der Waals surface area contributed by atoms with Crippen LogP contribution in [0.25, 0.3) is 0 Å². The Morgan fingerprint density at radius 3 is 2.72 bits per heavy atom. The summed E-state index contributed by atoms with van der Waals surface area (Å²) in [6.07, 6.45) is 4.39. The third-order valence-electron chi connectivity index (χ3n) is 2.51. The third kappa shape index (κ3) is 4.90. The van der Waals surface area contributed by atoms with Crippen molar-refractivity contribution < 1.29 is 4.21 Å². The van der Waals surface area contributed by atoms with Crippen LogP contribution < -0.4 is 5.32 Å². The molecule has 0 aliphatic heterocycles. The van der Waals surface area contributed by atoms with Crippen LogP contribution in [-0.2, 0) is 17.2 Å². The number of hydrogen-bond acceptors (Lipinski definition) is 4. The summed E-state index contributed by atoms with van der Waals surface area (Å²) in [6, 6.07) is 0. The molecule has 1 unspecified atom stereocenters. The highest BCUT2D eigenvalue weighted by molar-refractivity contribution is 7.84. The van der Waals surface area contributed by atoms with E-state index in [1.807, 2.05) is 6.92 Å². The van der Waals surface area contributed by atoms with Gasteiger partial charge in [0.1, 0.15) is 16.8 Å². The van der Waals surface area contributed by atoms with Gasteiger partial charge in [-0.05, 0) is 19.8 Å². The molecule has 1 aromatic heterocycles. The predicted octanol–water partition coefficient (Wildman–Crippen LogP) is 2.57. The van der Waals surface area contributed by atoms with Crippen LogP contribution in [0, 0.1) is 6.92 Å². The van der Waals surface area contributed by atoms with Crippen molar-refractivity contribution in [1.29, 1.82) is 0 Å². The Balaban J connectivity index is 2.65. The second-order valence-corrected chi connectivity index (χ2v) is 6.12. The smallest absolute Gasteiger partial charge is 0.137 e. The summed E-state index contributed by atoms with van der Waals surface area (Å²) in [7, 11) is -0.739. The minimum absolute atomic E-state index is 0.509. The van der Waals surface area contributed by atoms with E-state index in [0.717, 1.165) is 43.0 Å². The van der Waals surface area contributed by atoms with Crippen molar-refractivity contribution in [2.75, 3.05) is 23.9 Å². The molecular weight excluding hydrogens is 270 g/mol. The molecule has 0 aromatic carbocycles. The average molecular weight is 290 g/mol. The first kappa shape index (κ1) is 15.4. The van der Waals surface area contributed by atoms with Crippen LogP contribution in [0.4, 0.5) is 5.82 Å². The molecule has 0 bridgehead atoms. The first-order valence-corrected chi connectivity index (χ1v) is 8.22. The van der Waals surface area contributed by atoms with Crippen molar-refractivity contribution in [1.82, 2.24) is 9.97 Å². The second kappa shape index (κ2) is 7.69. The summed E-state index contributed by atoms with van der Waals surface area (Å²) in [6.45, 7) is 4.73. The van der Waals surface area contributed by atoms with E-state index in [1.54, 1.807) is 6.26 Å². The minimum Gasteiger partial charge on any atom is -0.370 e. The number of halogens is 1. The zero-order valence-electron chi connectivity index (χ0n) is 11.1. The second-order valence-electron chi connectivity index (χ2n) is 4.21. The van der Waals surface area contributed by atoms with Gasteiger partial charge >= 0.3 is 0 Å². The molecule has 0 saturated heterocycles. The Hall–Kier alpha value is -0.680. The van der Waals surface area contributed by atoms with Gasteiger partial charge in [-0.25, -0.2) is 9.97 Å². The summed E-state index contributed by atoms with van der Waals surface area (Å²) in [5.41, 5.74) is 0.870. The number of rotatable bonds is 7. The quantitative estimate of drug-likeness (QED) is 0.619. The summed E-state index contributed by atoms with van der Waals surface area (Å²) in [5.74, 6) is 2.27. The zero-order chi connectivity index (χ0) is 13.5. The van der Waals surface area contributed by atoms with Gasteiger partial charge in [-0.1, -0.05) is 18.5 Å². The summed E-state index contributed by atoms with van der Waals surface area (Å²) in [4.78, 5) is 8.70. The Bertz CT molecular complexity index is 426. The van der Waals surface area contributed by atoms with Gasteiger partial charge in [0.05, 0.1) is 0 Å². The number of nitrogens with one attached hydrogen (secondary N) is 1. The Morgan fingerprint density at radius 1 is 1.39 bits per heavy atom. The molecule has 1 N–H and O–H groups in total. The van der Waals surface area contributed by atoms with Crippen LogP contribution in [-0.4, -0.2) is 32.7 Å². The number of hydrogen-bond donors (Lipinski definition) is 1. The minimum atomic E-state index is -0.739. The van der Waals surface area contributed by atoms with E-state index in [2.05, 4.69) is 22.2 Å². The van der Waals surface area contributed by atoms with E-state index >= 15 is 0 Å². The zero-order valence-corrected chi connectivity index (χ0v) is 12.7. The van der Waals surface area contributed by atoms with Crippen molar-refractivity contribution in [3.05, 3.63) is 16.5 Å². The van der Waals surface area contributed by atoms with Crippen molar-refractivity contribution >= 4 is 28.2 Å². The van der Waals surface area contributed by atoms with E-state index in [4.69, 9.17) is 11.6 Å². The number of nitrogens with zero attached hydrogens (tertiary/aromatic N) is 2. The number of anilines is 1. The monoisotopic (exact) mass is 289 g/mol. The fourth-order valence-electron chi connectivity index (χ4n) is 1.52. The van der Waals surface area contributed by atoms with Crippen molar-refractivity contribution in [2.24, 2.45) is 0 Å². The fraction of sp³-hybridized carbons (Fsp3) is 0.667. The van der Waals surface area contributed by atoms with E-state index in [9.17, 15) is 4.21 Å². The number of aromatic nitrogens is 2. The number of aryl methyl sites for hydroxylation is 1. The molecule has 0 spiro atoms. The summed E-state index contributed by atoms with van der Waals surface area (Å²) >= 11 is 6.08. The van der Waals surface area contributed by atoms with Gasteiger partial charge in [-0.3, -0.25) is 4.21 Å². The van der Waals surface area contributed by atoms with Gasteiger partial charge in [0.15, 0.2) is 0 Å². The van der Waals surface area contributed by atoms with E-state index in [-0.39, 0.29) is 0 Å². The molecule has 0 amide bonds. The first-order valence-electron chi connectivity index (χ1n) is 6.11. The van der Waals surface area contributed by atoms with Gasteiger partial charge in [0.2, 0.25) is 0 Å². The molecule has 6 heteroatoms. The Morgan fingerprint density at radius 2 is 2.11 bits per heavy atom. The van der Waals surface area contributed by atoms with Crippen LogP contribution in [0.15, 0.2) is 0 Å². The first-order chi connectivity index (χ1) is 8.54. The van der Waals surface area contributed by atoms with Gasteiger partial charge < -0.3 is 5.32 Å². The molecule has 102 valence electrons. The fourth-order valence-corrected chi connectivity index (χ4v) is 2.26. The molecule has 0 fully saturated rings. The molecule has 1 aromatic rings. The van der Waals surface area contributed by atoms with Crippen LogP contribution in [0.1, 0.15) is 31.2 Å². The molecule has 1 heterocycles. The SMILES string of the molecule is CCCc1nc(Cl)c(C)c(NCCCS(C)=O)n1. The molecule has 0 saturated carbocycles. The Labute approximate surface area is 116 Å². The molecule has 1 atom stereocenters. The highest BCUT2D eigenvalue weighted by atomic mass is 35.5. The van der Waals surface area contributed by atoms with Crippen LogP contribution in [0.3, 0.4) is 0 Å². The average Bonchev–Trinajstić information content (AvgIpc) is 2.30.